The second kappa shape index (κ2) is 6.61. The number of fused-ring (bicyclic) bond motifs is 1. The minimum Gasteiger partial charge on any atom is -0.385 e. The average Bonchev–Trinajstić information content (AvgIpc) is 2.54. The van der Waals surface area contributed by atoms with Gasteiger partial charge in [-0.25, -0.2) is 0 Å². The molecule has 1 fully saturated rings. The molecule has 1 atom stereocenters. The zero-order valence-corrected chi connectivity index (χ0v) is 13.0. The van der Waals surface area contributed by atoms with Gasteiger partial charge in [0, 0.05) is 23.8 Å². The molecular weight excluding hydrogens is 260 g/mol. The van der Waals surface area contributed by atoms with E-state index >= 15 is 0 Å². The number of Topliss-reactive ketones (excluding diaryl/α,β-unsaturated/α-hetero) is 1. The number of carbonyl (C=O) groups is 1. The summed E-state index contributed by atoms with van der Waals surface area (Å²) in [5.74, 6) is 0.231. The summed E-state index contributed by atoms with van der Waals surface area (Å²) in [5, 5.41) is 6.93. The molecule has 1 aliphatic carbocycles. The maximum Gasteiger partial charge on any atom is 0.179 e. The Morgan fingerprint density at radius 1 is 1.24 bits per heavy atom. The molecule has 0 spiro atoms. The number of aryl methyl sites for hydroxylation is 1. The van der Waals surface area contributed by atoms with Gasteiger partial charge in [0.1, 0.15) is 0 Å². The smallest absolute Gasteiger partial charge is 0.179 e. The van der Waals surface area contributed by atoms with Crippen molar-refractivity contribution in [3.8, 4) is 0 Å². The minimum absolute atomic E-state index is 0.0808. The van der Waals surface area contributed by atoms with Gasteiger partial charge in [-0.1, -0.05) is 19.3 Å². The van der Waals surface area contributed by atoms with Gasteiger partial charge in [-0.2, -0.15) is 0 Å². The van der Waals surface area contributed by atoms with E-state index in [4.69, 9.17) is 0 Å². The Labute approximate surface area is 127 Å². The number of ketones is 1. The predicted octanol–water partition coefficient (Wildman–Crippen LogP) is 3.54. The van der Waals surface area contributed by atoms with Crippen molar-refractivity contribution in [2.75, 3.05) is 11.9 Å². The topological polar surface area (TPSA) is 41.1 Å². The first kappa shape index (κ1) is 14.6. The van der Waals surface area contributed by atoms with Gasteiger partial charge in [-0.05, 0) is 56.4 Å². The van der Waals surface area contributed by atoms with E-state index in [9.17, 15) is 4.79 Å². The molecule has 3 heteroatoms. The Balaban J connectivity index is 1.66. The molecule has 1 unspecified atom stereocenters. The number of hydrogen-bond donors (Lipinski definition) is 2. The van der Waals surface area contributed by atoms with E-state index < -0.39 is 0 Å². The van der Waals surface area contributed by atoms with Crippen LogP contribution >= 0.6 is 0 Å². The van der Waals surface area contributed by atoms with Crippen molar-refractivity contribution in [3.63, 3.8) is 0 Å². The van der Waals surface area contributed by atoms with E-state index in [1.165, 1.54) is 43.4 Å². The summed E-state index contributed by atoms with van der Waals surface area (Å²) < 4.78 is 0. The van der Waals surface area contributed by atoms with Crippen LogP contribution in [-0.4, -0.2) is 24.4 Å². The Hall–Kier alpha value is -1.35. The molecule has 114 valence electrons. The zero-order valence-electron chi connectivity index (χ0n) is 13.0. The van der Waals surface area contributed by atoms with Crippen molar-refractivity contribution in [1.82, 2.24) is 5.32 Å². The maximum atomic E-state index is 12.6. The molecule has 1 saturated carbocycles. The molecule has 3 nitrogen and oxygen atoms in total. The highest BCUT2D eigenvalue weighted by Gasteiger charge is 2.21. The van der Waals surface area contributed by atoms with Crippen LogP contribution in [0.5, 0.6) is 0 Å². The summed E-state index contributed by atoms with van der Waals surface area (Å²) in [6, 6.07) is 6.57. The van der Waals surface area contributed by atoms with Gasteiger partial charge in [-0.15, -0.1) is 0 Å². The number of nitrogens with one attached hydrogen (secondary N) is 2. The lowest BCUT2D eigenvalue weighted by Gasteiger charge is -2.26. The van der Waals surface area contributed by atoms with Gasteiger partial charge in [0.25, 0.3) is 0 Å². The largest absolute Gasteiger partial charge is 0.385 e. The van der Waals surface area contributed by atoms with Crippen LogP contribution in [0.1, 0.15) is 61.4 Å². The molecule has 1 aromatic carbocycles. The Kier molecular flexibility index (Phi) is 4.59. The fourth-order valence-corrected chi connectivity index (χ4v) is 3.58. The van der Waals surface area contributed by atoms with E-state index in [0.717, 1.165) is 24.9 Å². The molecule has 0 radical (unpaired) electrons. The lowest BCUT2D eigenvalue weighted by Crippen LogP contribution is -2.42. The van der Waals surface area contributed by atoms with Crippen LogP contribution in [-0.2, 0) is 6.42 Å². The Morgan fingerprint density at radius 2 is 2.05 bits per heavy atom. The predicted molar refractivity (Wildman–Crippen MR) is 87.1 cm³/mol. The first-order valence-corrected chi connectivity index (χ1v) is 8.41. The SMILES string of the molecule is CC(NC1CCCCC1)C(=O)c1ccc2c(c1)CCCN2. The third-order valence-electron chi connectivity index (χ3n) is 4.81. The highest BCUT2D eigenvalue weighted by atomic mass is 16.1. The Morgan fingerprint density at radius 3 is 2.86 bits per heavy atom. The number of rotatable bonds is 4. The summed E-state index contributed by atoms with van der Waals surface area (Å²) in [6.07, 6.45) is 8.59. The van der Waals surface area contributed by atoms with Crippen molar-refractivity contribution >= 4 is 11.5 Å². The van der Waals surface area contributed by atoms with Crippen molar-refractivity contribution in [1.29, 1.82) is 0 Å². The Bertz CT molecular complexity index is 506. The van der Waals surface area contributed by atoms with E-state index in [1.807, 2.05) is 13.0 Å². The molecule has 0 amide bonds. The standard InChI is InChI=1S/C18H26N2O/c1-13(20-16-7-3-2-4-8-16)18(21)15-9-10-17-14(12-15)6-5-11-19-17/h9-10,12-13,16,19-20H,2-8,11H2,1H3. The van der Waals surface area contributed by atoms with Gasteiger partial charge in [0.2, 0.25) is 0 Å². The monoisotopic (exact) mass is 286 g/mol. The normalized spacial score (nSPS) is 20.4. The van der Waals surface area contributed by atoms with Gasteiger partial charge in [0.15, 0.2) is 5.78 Å². The molecule has 0 saturated heterocycles. The molecule has 1 aromatic rings. The van der Waals surface area contributed by atoms with Crippen LogP contribution in [0.2, 0.25) is 0 Å². The van der Waals surface area contributed by atoms with E-state index in [1.54, 1.807) is 0 Å². The number of anilines is 1. The van der Waals surface area contributed by atoms with E-state index in [2.05, 4.69) is 22.8 Å². The summed E-state index contributed by atoms with van der Waals surface area (Å²) in [7, 11) is 0. The first-order chi connectivity index (χ1) is 10.2. The first-order valence-electron chi connectivity index (χ1n) is 8.41. The highest BCUT2D eigenvalue weighted by molar-refractivity contribution is 6.00. The van der Waals surface area contributed by atoms with E-state index in [0.29, 0.717) is 6.04 Å². The van der Waals surface area contributed by atoms with Crippen LogP contribution in [0.3, 0.4) is 0 Å². The summed E-state index contributed by atoms with van der Waals surface area (Å²) in [6.45, 7) is 3.05. The van der Waals surface area contributed by atoms with Crippen LogP contribution < -0.4 is 10.6 Å². The minimum atomic E-state index is -0.0808. The van der Waals surface area contributed by atoms with Crippen molar-refractivity contribution in [2.45, 2.75) is 64.0 Å². The second-order valence-corrected chi connectivity index (χ2v) is 6.49. The molecule has 1 aliphatic heterocycles. The average molecular weight is 286 g/mol. The number of carbonyl (C=O) groups excluding carboxylic acids is 1. The summed E-state index contributed by atoms with van der Waals surface area (Å²) >= 11 is 0. The molecule has 1 heterocycles. The molecule has 0 bridgehead atoms. The maximum absolute atomic E-state index is 12.6. The zero-order chi connectivity index (χ0) is 14.7. The molecule has 21 heavy (non-hydrogen) atoms. The quantitative estimate of drug-likeness (QED) is 0.832. The van der Waals surface area contributed by atoms with Crippen molar-refractivity contribution in [2.24, 2.45) is 0 Å². The summed E-state index contributed by atoms with van der Waals surface area (Å²) in [5.41, 5.74) is 3.34. The van der Waals surface area contributed by atoms with Crippen molar-refractivity contribution < 1.29 is 4.79 Å². The summed E-state index contributed by atoms with van der Waals surface area (Å²) in [4.78, 5) is 12.6. The van der Waals surface area contributed by atoms with Gasteiger partial charge < -0.3 is 10.6 Å². The highest BCUT2D eigenvalue weighted by Crippen LogP contribution is 2.24. The fraction of sp³-hybridized carbons (Fsp3) is 0.611. The third-order valence-corrected chi connectivity index (χ3v) is 4.81. The lowest BCUT2D eigenvalue weighted by molar-refractivity contribution is 0.0940. The fourth-order valence-electron chi connectivity index (χ4n) is 3.58. The molecule has 2 aliphatic rings. The second-order valence-electron chi connectivity index (χ2n) is 6.49. The van der Waals surface area contributed by atoms with Crippen LogP contribution in [0.25, 0.3) is 0 Å². The van der Waals surface area contributed by atoms with Crippen LogP contribution in [0, 0.1) is 0 Å². The molecule has 3 rings (SSSR count). The number of hydrogen-bond acceptors (Lipinski definition) is 3. The van der Waals surface area contributed by atoms with Gasteiger partial charge >= 0.3 is 0 Å². The molecule has 2 N–H and O–H groups in total. The molecular formula is C18H26N2O. The van der Waals surface area contributed by atoms with Crippen LogP contribution in [0.4, 0.5) is 5.69 Å². The lowest BCUT2D eigenvalue weighted by atomic mass is 9.93. The molecule has 0 aromatic heterocycles. The van der Waals surface area contributed by atoms with Crippen LogP contribution in [0.15, 0.2) is 18.2 Å². The van der Waals surface area contributed by atoms with Gasteiger partial charge in [0.05, 0.1) is 6.04 Å². The van der Waals surface area contributed by atoms with Gasteiger partial charge in [-0.3, -0.25) is 4.79 Å². The number of benzene rings is 1. The van der Waals surface area contributed by atoms with Crippen molar-refractivity contribution in [3.05, 3.63) is 29.3 Å². The van der Waals surface area contributed by atoms with E-state index in [-0.39, 0.29) is 11.8 Å². The third kappa shape index (κ3) is 3.46.